The van der Waals surface area contributed by atoms with Gasteiger partial charge in [0.25, 0.3) is 11.8 Å². The third kappa shape index (κ3) is 3.10. The number of primary amides is 1. The van der Waals surface area contributed by atoms with E-state index >= 15 is 0 Å². The second kappa shape index (κ2) is 5.94. The Bertz CT molecular complexity index is 687. The van der Waals surface area contributed by atoms with Crippen LogP contribution >= 0.6 is 23.2 Å². The number of hydrogen-bond donors (Lipinski definition) is 2. The predicted molar refractivity (Wildman–Crippen MR) is 79.4 cm³/mol. The van der Waals surface area contributed by atoms with Crippen LogP contribution in [0.1, 0.15) is 20.7 Å². The Hall–Kier alpha value is -2.04. The van der Waals surface area contributed by atoms with Crippen molar-refractivity contribution in [3.63, 3.8) is 0 Å². The Balaban J connectivity index is 2.33. The molecule has 0 unspecified atom stereocenters. The third-order valence-corrected chi connectivity index (χ3v) is 3.18. The van der Waals surface area contributed by atoms with Gasteiger partial charge in [0, 0.05) is 5.02 Å². The van der Waals surface area contributed by atoms with Gasteiger partial charge in [0.15, 0.2) is 0 Å². The minimum Gasteiger partial charge on any atom is -0.366 e. The van der Waals surface area contributed by atoms with Crippen LogP contribution in [0.5, 0.6) is 0 Å². The lowest BCUT2D eigenvalue weighted by Crippen LogP contribution is -2.18. The van der Waals surface area contributed by atoms with Crippen molar-refractivity contribution in [3.05, 3.63) is 63.6 Å². The molecule has 0 fully saturated rings. The van der Waals surface area contributed by atoms with E-state index in [1.54, 1.807) is 24.3 Å². The van der Waals surface area contributed by atoms with Crippen LogP contribution < -0.4 is 11.1 Å². The minimum atomic E-state index is -0.627. The van der Waals surface area contributed by atoms with E-state index in [0.29, 0.717) is 10.7 Å². The van der Waals surface area contributed by atoms with Crippen LogP contribution in [0.2, 0.25) is 10.0 Å². The van der Waals surface area contributed by atoms with Crippen molar-refractivity contribution in [1.29, 1.82) is 0 Å². The van der Waals surface area contributed by atoms with Crippen molar-refractivity contribution in [3.8, 4) is 0 Å². The number of carbonyl (C=O) groups is 2. The first-order chi connectivity index (χ1) is 9.49. The molecule has 4 nitrogen and oxygen atoms in total. The van der Waals surface area contributed by atoms with Crippen molar-refractivity contribution in [1.82, 2.24) is 0 Å². The number of halogens is 2. The normalized spacial score (nSPS) is 10.1. The fraction of sp³-hybridized carbons (Fsp3) is 0. The van der Waals surface area contributed by atoms with E-state index < -0.39 is 11.8 Å². The zero-order chi connectivity index (χ0) is 14.7. The summed E-state index contributed by atoms with van der Waals surface area (Å²) in [6.07, 6.45) is 0. The summed E-state index contributed by atoms with van der Waals surface area (Å²) in [5, 5.41) is 3.25. The second-order valence-corrected chi connectivity index (χ2v) is 4.83. The van der Waals surface area contributed by atoms with Crippen LogP contribution in [0, 0.1) is 0 Å². The van der Waals surface area contributed by atoms with Crippen molar-refractivity contribution in [2.24, 2.45) is 5.73 Å². The van der Waals surface area contributed by atoms with E-state index in [-0.39, 0.29) is 16.1 Å². The zero-order valence-corrected chi connectivity index (χ0v) is 11.7. The lowest BCUT2D eigenvalue weighted by molar-refractivity contribution is 0.100. The van der Waals surface area contributed by atoms with Gasteiger partial charge in [-0.15, -0.1) is 0 Å². The fourth-order valence-corrected chi connectivity index (χ4v) is 2.04. The number of carbonyl (C=O) groups excluding carboxylic acids is 2. The van der Waals surface area contributed by atoms with Gasteiger partial charge in [0.1, 0.15) is 0 Å². The first-order valence-corrected chi connectivity index (χ1v) is 6.40. The Morgan fingerprint density at radius 2 is 1.70 bits per heavy atom. The largest absolute Gasteiger partial charge is 0.366 e. The molecule has 3 N–H and O–H groups in total. The average Bonchev–Trinajstić information content (AvgIpc) is 2.41. The first-order valence-electron chi connectivity index (χ1n) is 5.64. The summed E-state index contributed by atoms with van der Waals surface area (Å²) < 4.78 is 0. The lowest BCUT2D eigenvalue weighted by atomic mass is 10.1. The van der Waals surface area contributed by atoms with E-state index in [1.165, 1.54) is 18.2 Å². The molecule has 0 heterocycles. The maximum atomic E-state index is 12.2. The molecular weight excluding hydrogens is 299 g/mol. The van der Waals surface area contributed by atoms with Crippen LogP contribution in [-0.2, 0) is 0 Å². The summed E-state index contributed by atoms with van der Waals surface area (Å²) in [5.74, 6) is -1.09. The topological polar surface area (TPSA) is 72.2 Å². The summed E-state index contributed by atoms with van der Waals surface area (Å²) in [4.78, 5) is 23.4. The molecule has 0 saturated heterocycles. The highest BCUT2D eigenvalue weighted by Gasteiger charge is 2.14. The number of hydrogen-bond acceptors (Lipinski definition) is 2. The average molecular weight is 309 g/mol. The molecule has 0 aliphatic rings. The Morgan fingerprint density at radius 1 is 1.00 bits per heavy atom. The molecular formula is C14H10Cl2N2O2. The third-order valence-electron chi connectivity index (χ3n) is 2.61. The molecule has 0 saturated carbocycles. The molecule has 2 aromatic rings. The highest BCUT2D eigenvalue weighted by Crippen LogP contribution is 2.22. The van der Waals surface area contributed by atoms with Gasteiger partial charge in [-0.05, 0) is 30.3 Å². The molecule has 0 aliphatic carbocycles. The summed E-state index contributed by atoms with van der Waals surface area (Å²) in [5.41, 5.74) is 6.01. The number of nitrogens with two attached hydrogens (primary N) is 1. The van der Waals surface area contributed by atoms with Gasteiger partial charge in [0.2, 0.25) is 0 Å². The van der Waals surface area contributed by atoms with Gasteiger partial charge in [-0.25, -0.2) is 0 Å². The smallest absolute Gasteiger partial charge is 0.257 e. The van der Waals surface area contributed by atoms with Gasteiger partial charge in [-0.3, -0.25) is 9.59 Å². The van der Waals surface area contributed by atoms with Crippen LogP contribution in [-0.4, -0.2) is 11.8 Å². The molecule has 2 rings (SSSR count). The predicted octanol–water partition coefficient (Wildman–Crippen LogP) is 3.34. The van der Waals surface area contributed by atoms with E-state index in [9.17, 15) is 9.59 Å². The van der Waals surface area contributed by atoms with Crippen LogP contribution in [0.4, 0.5) is 5.69 Å². The van der Waals surface area contributed by atoms with Crippen LogP contribution in [0.25, 0.3) is 0 Å². The molecule has 6 heteroatoms. The monoisotopic (exact) mass is 308 g/mol. The molecule has 2 amide bonds. The van der Waals surface area contributed by atoms with Gasteiger partial charge in [0.05, 0.1) is 21.8 Å². The molecule has 0 atom stereocenters. The minimum absolute atomic E-state index is 0.221. The number of anilines is 1. The van der Waals surface area contributed by atoms with E-state index in [2.05, 4.69) is 5.32 Å². The van der Waals surface area contributed by atoms with Crippen LogP contribution in [0.15, 0.2) is 42.5 Å². The van der Waals surface area contributed by atoms with E-state index in [4.69, 9.17) is 28.9 Å². The lowest BCUT2D eigenvalue weighted by Gasteiger charge is -2.10. The van der Waals surface area contributed by atoms with Crippen LogP contribution in [0.3, 0.4) is 0 Å². The fourth-order valence-electron chi connectivity index (χ4n) is 1.67. The van der Waals surface area contributed by atoms with Gasteiger partial charge < -0.3 is 11.1 Å². The van der Waals surface area contributed by atoms with Crippen molar-refractivity contribution in [2.45, 2.75) is 0 Å². The first kappa shape index (κ1) is 14.4. The number of benzene rings is 2. The number of nitrogens with one attached hydrogen (secondary N) is 1. The molecule has 2 aromatic carbocycles. The summed E-state index contributed by atoms with van der Waals surface area (Å²) in [7, 11) is 0. The molecule has 0 spiro atoms. The quantitative estimate of drug-likeness (QED) is 0.912. The van der Waals surface area contributed by atoms with E-state index in [1.807, 2.05) is 0 Å². The Kier molecular flexibility index (Phi) is 4.27. The van der Waals surface area contributed by atoms with Gasteiger partial charge >= 0.3 is 0 Å². The van der Waals surface area contributed by atoms with Gasteiger partial charge in [-0.2, -0.15) is 0 Å². The molecule has 20 heavy (non-hydrogen) atoms. The molecule has 0 radical (unpaired) electrons. The SMILES string of the molecule is NC(=O)c1ccccc1NC(=O)c1cc(Cl)ccc1Cl. The summed E-state index contributed by atoms with van der Waals surface area (Å²) in [6, 6.07) is 11.0. The standard InChI is InChI=1S/C14H10Cl2N2O2/c15-8-5-6-11(16)10(7-8)14(20)18-12-4-2-1-3-9(12)13(17)19/h1-7H,(H2,17,19)(H,18,20). The van der Waals surface area contributed by atoms with Crippen molar-refractivity contribution in [2.75, 3.05) is 5.32 Å². The summed E-state index contributed by atoms with van der Waals surface area (Å²) in [6.45, 7) is 0. The maximum Gasteiger partial charge on any atom is 0.257 e. The molecule has 0 aromatic heterocycles. The molecule has 0 aliphatic heterocycles. The number of amides is 2. The second-order valence-electron chi connectivity index (χ2n) is 3.99. The Labute approximate surface area is 125 Å². The van der Waals surface area contributed by atoms with Crippen molar-refractivity contribution >= 4 is 40.7 Å². The molecule has 0 bridgehead atoms. The van der Waals surface area contributed by atoms with E-state index in [0.717, 1.165) is 0 Å². The number of para-hydroxylation sites is 1. The van der Waals surface area contributed by atoms with Crippen molar-refractivity contribution < 1.29 is 9.59 Å². The highest BCUT2D eigenvalue weighted by molar-refractivity contribution is 6.36. The van der Waals surface area contributed by atoms with Gasteiger partial charge in [-0.1, -0.05) is 35.3 Å². The Morgan fingerprint density at radius 3 is 2.40 bits per heavy atom. The molecule has 102 valence electrons. The maximum absolute atomic E-state index is 12.2. The summed E-state index contributed by atoms with van der Waals surface area (Å²) >= 11 is 11.8. The number of rotatable bonds is 3. The highest BCUT2D eigenvalue weighted by atomic mass is 35.5. The zero-order valence-electron chi connectivity index (χ0n) is 10.2.